The minimum atomic E-state index is -0.788. The number of hydrogen-bond donors (Lipinski definition) is 2. The molecule has 18 heavy (non-hydrogen) atoms. The van der Waals surface area contributed by atoms with Crippen LogP contribution in [0, 0.1) is 17.8 Å². The topological polar surface area (TPSA) is 83.6 Å². The van der Waals surface area contributed by atoms with Crippen LogP contribution in [0.2, 0.25) is 0 Å². The Kier molecular flexibility index (Phi) is 4.22. The number of nitrogens with zero attached hydrogens (tertiary/aromatic N) is 1. The maximum atomic E-state index is 12.4. The summed E-state index contributed by atoms with van der Waals surface area (Å²) in [5.41, 5.74) is 5.74. The number of carbonyl (C=O) groups excluding carboxylic acids is 1. The third-order valence-electron chi connectivity index (χ3n) is 4.38. The van der Waals surface area contributed by atoms with Crippen LogP contribution in [-0.2, 0) is 9.59 Å². The normalized spacial score (nSPS) is 32.5. The average molecular weight is 254 g/mol. The van der Waals surface area contributed by atoms with Crippen molar-refractivity contribution in [1.82, 2.24) is 4.90 Å². The first-order chi connectivity index (χ1) is 8.63. The summed E-state index contributed by atoms with van der Waals surface area (Å²) < 4.78 is 0. The maximum Gasteiger partial charge on any atom is 0.308 e. The van der Waals surface area contributed by atoms with Crippen LogP contribution in [0.25, 0.3) is 0 Å². The lowest BCUT2D eigenvalue weighted by molar-refractivity contribution is -0.142. The van der Waals surface area contributed by atoms with E-state index in [2.05, 4.69) is 0 Å². The first-order valence-corrected chi connectivity index (χ1v) is 6.85. The van der Waals surface area contributed by atoms with E-state index in [-0.39, 0.29) is 23.7 Å². The highest BCUT2D eigenvalue weighted by atomic mass is 16.4. The van der Waals surface area contributed by atoms with Gasteiger partial charge in [0, 0.05) is 19.0 Å². The second-order valence-electron chi connectivity index (χ2n) is 5.49. The summed E-state index contributed by atoms with van der Waals surface area (Å²) in [4.78, 5) is 25.1. The van der Waals surface area contributed by atoms with Gasteiger partial charge in [-0.05, 0) is 31.7 Å². The smallest absolute Gasteiger partial charge is 0.308 e. The Bertz CT molecular complexity index is 332. The SMILES string of the molecule is NCC1CCCCC1C(=O)N1CCC(C(=O)O)C1. The standard InChI is InChI=1S/C13H22N2O3/c14-7-9-3-1-2-4-11(9)12(16)15-6-5-10(8-15)13(17)18/h9-11H,1-8,14H2,(H,17,18). The Balaban J connectivity index is 1.96. The molecule has 1 aliphatic carbocycles. The average Bonchev–Trinajstić information content (AvgIpc) is 2.87. The Morgan fingerprint density at radius 1 is 1.22 bits per heavy atom. The molecule has 0 bridgehead atoms. The number of carboxylic acids is 1. The van der Waals surface area contributed by atoms with Gasteiger partial charge in [0.25, 0.3) is 0 Å². The van der Waals surface area contributed by atoms with Gasteiger partial charge in [-0.3, -0.25) is 9.59 Å². The van der Waals surface area contributed by atoms with E-state index < -0.39 is 5.97 Å². The van der Waals surface area contributed by atoms with Gasteiger partial charge in [0.2, 0.25) is 5.91 Å². The third-order valence-corrected chi connectivity index (χ3v) is 4.38. The Morgan fingerprint density at radius 3 is 2.56 bits per heavy atom. The third kappa shape index (κ3) is 2.66. The highest BCUT2D eigenvalue weighted by Crippen LogP contribution is 2.32. The number of carboxylic acid groups (broad SMARTS) is 1. The largest absolute Gasteiger partial charge is 0.481 e. The molecule has 2 aliphatic rings. The molecular formula is C13H22N2O3. The number of amides is 1. The van der Waals surface area contributed by atoms with Crippen molar-refractivity contribution in [3.05, 3.63) is 0 Å². The number of nitrogens with two attached hydrogens (primary N) is 1. The molecule has 1 saturated carbocycles. The minimum absolute atomic E-state index is 0.0243. The van der Waals surface area contributed by atoms with Crippen LogP contribution in [0.5, 0.6) is 0 Å². The van der Waals surface area contributed by atoms with Gasteiger partial charge in [0.1, 0.15) is 0 Å². The van der Waals surface area contributed by atoms with Crippen LogP contribution in [0.4, 0.5) is 0 Å². The van der Waals surface area contributed by atoms with Crippen LogP contribution in [0.3, 0.4) is 0 Å². The van der Waals surface area contributed by atoms with E-state index in [1.165, 1.54) is 0 Å². The highest BCUT2D eigenvalue weighted by molar-refractivity contribution is 5.81. The summed E-state index contributed by atoms with van der Waals surface area (Å²) in [5.74, 6) is -0.724. The highest BCUT2D eigenvalue weighted by Gasteiger charge is 2.37. The van der Waals surface area contributed by atoms with Crippen LogP contribution in [-0.4, -0.2) is 41.5 Å². The number of carbonyl (C=O) groups is 2. The van der Waals surface area contributed by atoms with Crippen molar-refractivity contribution in [2.24, 2.45) is 23.5 Å². The molecule has 1 amide bonds. The molecule has 0 radical (unpaired) electrons. The van der Waals surface area contributed by atoms with Gasteiger partial charge < -0.3 is 15.7 Å². The van der Waals surface area contributed by atoms with Crippen molar-refractivity contribution in [3.63, 3.8) is 0 Å². The van der Waals surface area contributed by atoms with E-state index in [0.717, 1.165) is 25.7 Å². The molecule has 0 spiro atoms. The molecule has 3 atom stereocenters. The summed E-state index contributed by atoms with van der Waals surface area (Å²) in [6.07, 6.45) is 4.77. The summed E-state index contributed by atoms with van der Waals surface area (Å²) in [6, 6.07) is 0. The zero-order valence-electron chi connectivity index (χ0n) is 10.7. The minimum Gasteiger partial charge on any atom is -0.481 e. The second-order valence-corrected chi connectivity index (χ2v) is 5.49. The van der Waals surface area contributed by atoms with Crippen LogP contribution in [0.1, 0.15) is 32.1 Å². The molecule has 2 fully saturated rings. The molecule has 3 N–H and O–H groups in total. The van der Waals surface area contributed by atoms with Gasteiger partial charge >= 0.3 is 5.97 Å². The lowest BCUT2D eigenvalue weighted by Crippen LogP contribution is -2.41. The van der Waals surface area contributed by atoms with Crippen LogP contribution < -0.4 is 5.73 Å². The molecule has 1 heterocycles. The van der Waals surface area contributed by atoms with E-state index >= 15 is 0 Å². The molecular weight excluding hydrogens is 232 g/mol. The van der Waals surface area contributed by atoms with Crippen molar-refractivity contribution in [1.29, 1.82) is 0 Å². The van der Waals surface area contributed by atoms with Crippen LogP contribution in [0.15, 0.2) is 0 Å². The maximum absolute atomic E-state index is 12.4. The van der Waals surface area contributed by atoms with Crippen molar-refractivity contribution in [2.75, 3.05) is 19.6 Å². The van der Waals surface area contributed by atoms with Crippen molar-refractivity contribution in [2.45, 2.75) is 32.1 Å². The van der Waals surface area contributed by atoms with E-state index in [0.29, 0.717) is 26.1 Å². The van der Waals surface area contributed by atoms with E-state index in [1.807, 2.05) is 0 Å². The number of likely N-dealkylation sites (tertiary alicyclic amines) is 1. The van der Waals surface area contributed by atoms with E-state index in [1.54, 1.807) is 4.90 Å². The molecule has 2 rings (SSSR count). The molecule has 5 heteroatoms. The molecule has 1 saturated heterocycles. The summed E-state index contributed by atoms with van der Waals surface area (Å²) in [6.45, 7) is 1.53. The van der Waals surface area contributed by atoms with Crippen molar-refractivity contribution >= 4 is 11.9 Å². The predicted molar refractivity (Wildman–Crippen MR) is 66.8 cm³/mol. The van der Waals surface area contributed by atoms with Gasteiger partial charge in [-0.1, -0.05) is 12.8 Å². The summed E-state index contributed by atoms with van der Waals surface area (Å²) in [7, 11) is 0. The van der Waals surface area contributed by atoms with Crippen molar-refractivity contribution in [3.8, 4) is 0 Å². The monoisotopic (exact) mass is 254 g/mol. The van der Waals surface area contributed by atoms with Gasteiger partial charge in [-0.25, -0.2) is 0 Å². The van der Waals surface area contributed by atoms with Gasteiger partial charge in [-0.2, -0.15) is 0 Å². The van der Waals surface area contributed by atoms with E-state index in [4.69, 9.17) is 10.8 Å². The Hall–Kier alpha value is -1.10. The quantitative estimate of drug-likeness (QED) is 0.776. The number of hydrogen-bond acceptors (Lipinski definition) is 3. The van der Waals surface area contributed by atoms with E-state index in [9.17, 15) is 9.59 Å². The summed E-state index contributed by atoms with van der Waals surface area (Å²) >= 11 is 0. The Morgan fingerprint density at radius 2 is 1.94 bits per heavy atom. The van der Waals surface area contributed by atoms with Crippen LogP contribution >= 0.6 is 0 Å². The predicted octanol–water partition coefficient (Wildman–Crippen LogP) is 0.685. The van der Waals surface area contributed by atoms with Gasteiger partial charge in [0.05, 0.1) is 5.92 Å². The Labute approximate surface area is 107 Å². The zero-order chi connectivity index (χ0) is 13.1. The fourth-order valence-corrected chi connectivity index (χ4v) is 3.21. The van der Waals surface area contributed by atoms with Crippen molar-refractivity contribution < 1.29 is 14.7 Å². The molecule has 3 unspecified atom stereocenters. The second kappa shape index (κ2) is 5.69. The lowest BCUT2D eigenvalue weighted by atomic mass is 9.78. The number of rotatable bonds is 3. The fraction of sp³-hybridized carbons (Fsp3) is 0.846. The molecule has 5 nitrogen and oxygen atoms in total. The summed E-state index contributed by atoms with van der Waals surface area (Å²) in [5, 5.41) is 8.96. The lowest BCUT2D eigenvalue weighted by Gasteiger charge is -2.32. The molecule has 0 aromatic heterocycles. The van der Waals surface area contributed by atoms with Gasteiger partial charge in [-0.15, -0.1) is 0 Å². The first-order valence-electron chi connectivity index (χ1n) is 6.85. The molecule has 1 aliphatic heterocycles. The zero-order valence-corrected chi connectivity index (χ0v) is 10.7. The molecule has 0 aromatic rings. The van der Waals surface area contributed by atoms with Gasteiger partial charge in [0.15, 0.2) is 0 Å². The first kappa shape index (κ1) is 13.3. The molecule has 102 valence electrons. The molecule has 0 aromatic carbocycles. The number of aliphatic carboxylic acids is 1. The fourth-order valence-electron chi connectivity index (χ4n) is 3.21.